The van der Waals surface area contributed by atoms with Crippen molar-refractivity contribution in [2.75, 3.05) is 19.4 Å². The van der Waals surface area contributed by atoms with Gasteiger partial charge >= 0.3 is 0 Å². The van der Waals surface area contributed by atoms with Gasteiger partial charge in [-0.3, -0.25) is 4.98 Å². The van der Waals surface area contributed by atoms with E-state index in [9.17, 15) is 4.39 Å². The van der Waals surface area contributed by atoms with Crippen LogP contribution in [0.4, 0.5) is 10.2 Å². The van der Waals surface area contributed by atoms with Crippen molar-refractivity contribution in [1.82, 2.24) is 14.9 Å². The Balaban J connectivity index is 2.11. The normalized spacial score (nSPS) is 11.2. The van der Waals surface area contributed by atoms with Gasteiger partial charge in [0, 0.05) is 34.8 Å². The average molecular weight is 378 g/mol. The number of aryl methyl sites for hydroxylation is 1. The van der Waals surface area contributed by atoms with Crippen molar-refractivity contribution < 1.29 is 4.39 Å². The highest BCUT2D eigenvalue weighted by molar-refractivity contribution is 5.89. The number of hydrogen-bond acceptors (Lipinski definition) is 4. The number of benzene rings is 1. The predicted molar refractivity (Wildman–Crippen MR) is 115 cm³/mol. The van der Waals surface area contributed by atoms with Crippen LogP contribution in [0.15, 0.2) is 48.8 Å². The Morgan fingerprint density at radius 3 is 2.71 bits per heavy atom. The second kappa shape index (κ2) is 8.48. The standard InChI is InChI=1S/C23H27FN4/c1-6-7-16(3)26-23-12-20-17(13-25-23)10-21(27-22(20)14-28(4)5)19-11-18(24)9-8-15(19)2/h8-13H,3,6-7,14H2,1-2,4-5H3,(H,25,26). The largest absolute Gasteiger partial charge is 0.344 e. The summed E-state index contributed by atoms with van der Waals surface area (Å²) in [5.74, 6) is 0.506. The summed E-state index contributed by atoms with van der Waals surface area (Å²) < 4.78 is 13.8. The zero-order valence-electron chi connectivity index (χ0n) is 17.0. The number of rotatable bonds is 7. The Hall–Kier alpha value is -2.79. The molecule has 0 bridgehead atoms. The van der Waals surface area contributed by atoms with E-state index in [0.29, 0.717) is 6.54 Å². The van der Waals surface area contributed by atoms with Crippen molar-refractivity contribution in [3.8, 4) is 11.3 Å². The molecule has 0 aliphatic rings. The maximum Gasteiger partial charge on any atom is 0.130 e. The fourth-order valence-corrected chi connectivity index (χ4v) is 3.26. The minimum atomic E-state index is -0.260. The minimum absolute atomic E-state index is 0.260. The number of aromatic nitrogens is 2. The fraction of sp³-hybridized carbons (Fsp3) is 0.304. The SMILES string of the molecule is C=C(CCC)Nc1cc2c(CN(C)C)nc(-c3cc(F)ccc3C)cc2cn1. The Labute approximate surface area is 166 Å². The summed E-state index contributed by atoms with van der Waals surface area (Å²) >= 11 is 0. The molecule has 0 fully saturated rings. The van der Waals surface area contributed by atoms with E-state index < -0.39 is 0 Å². The molecule has 0 unspecified atom stereocenters. The topological polar surface area (TPSA) is 41.0 Å². The molecule has 28 heavy (non-hydrogen) atoms. The Morgan fingerprint density at radius 1 is 1.21 bits per heavy atom. The zero-order valence-corrected chi connectivity index (χ0v) is 17.0. The summed E-state index contributed by atoms with van der Waals surface area (Å²) in [6.45, 7) is 8.82. The van der Waals surface area contributed by atoms with Gasteiger partial charge in [-0.1, -0.05) is 26.0 Å². The van der Waals surface area contributed by atoms with Crippen LogP contribution in [0.25, 0.3) is 22.0 Å². The first kappa shape index (κ1) is 20.0. The molecule has 0 saturated heterocycles. The van der Waals surface area contributed by atoms with Gasteiger partial charge in [0.1, 0.15) is 11.6 Å². The first-order valence-corrected chi connectivity index (χ1v) is 9.53. The maximum atomic E-state index is 13.8. The number of nitrogens with one attached hydrogen (secondary N) is 1. The van der Waals surface area contributed by atoms with Crippen LogP contribution in [0.1, 0.15) is 31.0 Å². The lowest BCUT2D eigenvalue weighted by molar-refractivity contribution is 0.399. The molecule has 0 amide bonds. The van der Waals surface area contributed by atoms with Gasteiger partial charge in [-0.2, -0.15) is 0 Å². The van der Waals surface area contributed by atoms with Crippen LogP contribution in [0.5, 0.6) is 0 Å². The lowest BCUT2D eigenvalue weighted by Gasteiger charge is -2.16. The summed E-state index contributed by atoms with van der Waals surface area (Å²) in [7, 11) is 4.02. The van der Waals surface area contributed by atoms with E-state index in [1.54, 1.807) is 12.1 Å². The number of pyridine rings is 2. The maximum absolute atomic E-state index is 13.8. The minimum Gasteiger partial charge on any atom is -0.344 e. The van der Waals surface area contributed by atoms with Crippen LogP contribution in [-0.2, 0) is 6.54 Å². The van der Waals surface area contributed by atoms with Crippen LogP contribution in [0.3, 0.4) is 0 Å². The third-order valence-electron chi connectivity index (χ3n) is 4.59. The molecule has 2 heterocycles. The van der Waals surface area contributed by atoms with Crippen molar-refractivity contribution >= 4 is 16.6 Å². The van der Waals surface area contributed by atoms with Gasteiger partial charge < -0.3 is 10.2 Å². The monoisotopic (exact) mass is 378 g/mol. The van der Waals surface area contributed by atoms with E-state index in [1.165, 1.54) is 6.07 Å². The highest BCUT2D eigenvalue weighted by atomic mass is 19.1. The summed E-state index contributed by atoms with van der Waals surface area (Å²) in [6.07, 6.45) is 3.78. The molecule has 0 atom stereocenters. The summed E-state index contributed by atoms with van der Waals surface area (Å²) in [5, 5.41) is 5.30. The Bertz CT molecular complexity index is 1010. The molecule has 0 saturated carbocycles. The van der Waals surface area contributed by atoms with E-state index in [0.717, 1.165) is 57.6 Å². The van der Waals surface area contributed by atoms with Crippen molar-refractivity contribution in [1.29, 1.82) is 0 Å². The van der Waals surface area contributed by atoms with Crippen LogP contribution >= 0.6 is 0 Å². The van der Waals surface area contributed by atoms with E-state index in [-0.39, 0.29) is 5.82 Å². The molecule has 0 radical (unpaired) electrons. The second-order valence-electron chi connectivity index (χ2n) is 7.42. The zero-order chi connectivity index (χ0) is 20.3. The molecule has 3 rings (SSSR count). The van der Waals surface area contributed by atoms with E-state index in [4.69, 9.17) is 4.98 Å². The van der Waals surface area contributed by atoms with E-state index >= 15 is 0 Å². The van der Waals surface area contributed by atoms with Crippen molar-refractivity contribution in [3.63, 3.8) is 0 Å². The molecular weight excluding hydrogens is 351 g/mol. The van der Waals surface area contributed by atoms with Crippen LogP contribution in [0.2, 0.25) is 0 Å². The van der Waals surface area contributed by atoms with Crippen molar-refractivity contribution in [2.24, 2.45) is 0 Å². The van der Waals surface area contributed by atoms with Gasteiger partial charge in [0.15, 0.2) is 0 Å². The van der Waals surface area contributed by atoms with Gasteiger partial charge in [0.05, 0.1) is 11.4 Å². The molecular formula is C23H27FN4. The lowest BCUT2D eigenvalue weighted by atomic mass is 10.0. The molecule has 2 aromatic heterocycles. The summed E-state index contributed by atoms with van der Waals surface area (Å²) in [5.41, 5.74) is 4.45. The van der Waals surface area contributed by atoms with Crippen LogP contribution in [-0.4, -0.2) is 29.0 Å². The number of fused-ring (bicyclic) bond motifs is 1. The molecule has 0 spiro atoms. The molecule has 1 N–H and O–H groups in total. The first-order valence-electron chi connectivity index (χ1n) is 9.53. The number of halogens is 1. The number of anilines is 1. The highest BCUT2D eigenvalue weighted by Crippen LogP contribution is 2.29. The van der Waals surface area contributed by atoms with Crippen molar-refractivity contribution in [2.45, 2.75) is 33.2 Å². The summed E-state index contributed by atoms with van der Waals surface area (Å²) in [4.78, 5) is 11.5. The van der Waals surface area contributed by atoms with E-state index in [2.05, 4.69) is 28.7 Å². The molecule has 3 aromatic rings. The van der Waals surface area contributed by atoms with Gasteiger partial charge in [0.2, 0.25) is 0 Å². The molecule has 1 aromatic carbocycles. The van der Waals surface area contributed by atoms with E-state index in [1.807, 2.05) is 39.3 Å². The second-order valence-corrected chi connectivity index (χ2v) is 7.42. The summed E-state index contributed by atoms with van der Waals surface area (Å²) in [6, 6.07) is 8.80. The number of hydrogen-bond donors (Lipinski definition) is 1. The molecule has 5 heteroatoms. The van der Waals surface area contributed by atoms with Gasteiger partial charge in [0.25, 0.3) is 0 Å². The van der Waals surface area contributed by atoms with Gasteiger partial charge in [-0.15, -0.1) is 0 Å². The first-order chi connectivity index (χ1) is 13.4. The highest BCUT2D eigenvalue weighted by Gasteiger charge is 2.13. The van der Waals surface area contributed by atoms with Crippen LogP contribution < -0.4 is 5.32 Å². The Kier molecular flexibility index (Phi) is 6.05. The predicted octanol–water partition coefficient (Wildman–Crippen LogP) is 5.53. The van der Waals surface area contributed by atoms with Crippen molar-refractivity contribution in [3.05, 3.63) is 65.9 Å². The quantitative estimate of drug-likeness (QED) is 0.587. The third-order valence-corrected chi connectivity index (χ3v) is 4.59. The molecule has 0 aliphatic heterocycles. The number of nitrogens with zero attached hydrogens (tertiary/aromatic N) is 3. The molecule has 0 aliphatic carbocycles. The van der Waals surface area contributed by atoms with Gasteiger partial charge in [-0.25, -0.2) is 9.37 Å². The fourth-order valence-electron chi connectivity index (χ4n) is 3.26. The smallest absolute Gasteiger partial charge is 0.130 e. The number of allylic oxidation sites excluding steroid dienone is 1. The van der Waals surface area contributed by atoms with Crippen LogP contribution in [0, 0.1) is 12.7 Å². The van der Waals surface area contributed by atoms with Gasteiger partial charge in [-0.05, 0) is 57.3 Å². The third kappa shape index (κ3) is 4.54. The molecule has 146 valence electrons. The molecule has 4 nitrogen and oxygen atoms in total. The average Bonchev–Trinajstić information content (AvgIpc) is 2.63. The lowest BCUT2D eigenvalue weighted by Crippen LogP contribution is -2.13. The Morgan fingerprint density at radius 2 is 2.00 bits per heavy atom.